The molecular formula is C21H14O3. The molecule has 3 heteroatoms. The first-order valence-electron chi connectivity index (χ1n) is 7.74. The first-order valence-corrected chi connectivity index (χ1v) is 7.74. The molecule has 0 aromatic heterocycles. The molecule has 1 aliphatic carbocycles. The third-order valence-electron chi connectivity index (χ3n) is 4.40. The Morgan fingerprint density at radius 1 is 0.792 bits per heavy atom. The Morgan fingerprint density at radius 2 is 1.46 bits per heavy atom. The van der Waals surface area contributed by atoms with E-state index in [0.29, 0.717) is 28.7 Å². The van der Waals surface area contributed by atoms with Crippen LogP contribution in [0.15, 0.2) is 66.7 Å². The Bertz CT molecular complexity index is 972. The predicted molar refractivity (Wildman–Crippen MR) is 90.7 cm³/mol. The van der Waals surface area contributed by atoms with Crippen LogP contribution in [0.1, 0.15) is 43.0 Å². The minimum Gasteiger partial charge on any atom is -0.507 e. The average molecular weight is 314 g/mol. The molecular weight excluding hydrogens is 300 g/mol. The smallest absolute Gasteiger partial charge is 0.198 e. The average Bonchev–Trinajstić information content (AvgIpc) is 2.61. The van der Waals surface area contributed by atoms with Crippen LogP contribution in [0.3, 0.4) is 0 Å². The quantitative estimate of drug-likeness (QED) is 0.573. The molecule has 0 atom stereocenters. The number of carbonyl (C=O) groups is 2. The van der Waals surface area contributed by atoms with E-state index in [4.69, 9.17) is 0 Å². The van der Waals surface area contributed by atoms with Gasteiger partial charge in [0.15, 0.2) is 11.6 Å². The monoisotopic (exact) mass is 314 g/mol. The Balaban J connectivity index is 1.89. The van der Waals surface area contributed by atoms with Crippen molar-refractivity contribution in [3.05, 3.63) is 100 Å². The van der Waals surface area contributed by atoms with Crippen LogP contribution >= 0.6 is 0 Å². The number of aromatic hydroxyl groups is 1. The van der Waals surface area contributed by atoms with Crippen molar-refractivity contribution in [1.82, 2.24) is 0 Å². The fourth-order valence-corrected chi connectivity index (χ4v) is 3.28. The zero-order chi connectivity index (χ0) is 16.7. The van der Waals surface area contributed by atoms with Gasteiger partial charge in [0.05, 0.1) is 5.56 Å². The van der Waals surface area contributed by atoms with Gasteiger partial charge >= 0.3 is 0 Å². The summed E-state index contributed by atoms with van der Waals surface area (Å²) in [6.07, 6.45) is 0.528. The highest BCUT2D eigenvalue weighted by Crippen LogP contribution is 2.34. The molecule has 0 heterocycles. The van der Waals surface area contributed by atoms with Crippen molar-refractivity contribution in [3.8, 4) is 5.75 Å². The molecule has 0 saturated heterocycles. The summed E-state index contributed by atoms with van der Waals surface area (Å²) in [5, 5.41) is 10.1. The number of benzene rings is 3. The lowest BCUT2D eigenvalue weighted by molar-refractivity contribution is 0.0999. The maximum absolute atomic E-state index is 13.0. The molecule has 0 spiro atoms. The second-order valence-corrected chi connectivity index (χ2v) is 5.85. The van der Waals surface area contributed by atoms with Crippen molar-refractivity contribution in [2.45, 2.75) is 6.42 Å². The van der Waals surface area contributed by atoms with Gasteiger partial charge in [-0.25, -0.2) is 0 Å². The summed E-state index contributed by atoms with van der Waals surface area (Å²) in [5.41, 5.74) is 3.25. The number of hydrogen-bond donors (Lipinski definition) is 1. The van der Waals surface area contributed by atoms with Gasteiger partial charge in [-0.1, -0.05) is 60.7 Å². The van der Waals surface area contributed by atoms with Crippen LogP contribution in [0.5, 0.6) is 5.75 Å². The highest BCUT2D eigenvalue weighted by Gasteiger charge is 2.30. The fourth-order valence-electron chi connectivity index (χ4n) is 3.28. The van der Waals surface area contributed by atoms with Crippen molar-refractivity contribution in [2.75, 3.05) is 0 Å². The van der Waals surface area contributed by atoms with Gasteiger partial charge in [0.2, 0.25) is 0 Å². The molecule has 1 aliphatic rings. The summed E-state index contributed by atoms with van der Waals surface area (Å²) in [6, 6.07) is 19.3. The van der Waals surface area contributed by atoms with Gasteiger partial charge in [0.25, 0.3) is 0 Å². The second kappa shape index (κ2) is 5.46. The molecule has 0 radical (unpaired) electrons. The Hall–Kier alpha value is -3.20. The van der Waals surface area contributed by atoms with E-state index in [0.717, 1.165) is 11.1 Å². The highest BCUT2D eigenvalue weighted by molar-refractivity contribution is 6.22. The van der Waals surface area contributed by atoms with Gasteiger partial charge in [0, 0.05) is 16.7 Å². The maximum Gasteiger partial charge on any atom is 0.198 e. The zero-order valence-corrected chi connectivity index (χ0v) is 12.8. The van der Waals surface area contributed by atoms with E-state index in [9.17, 15) is 14.7 Å². The van der Waals surface area contributed by atoms with Crippen LogP contribution in [0.4, 0.5) is 0 Å². The predicted octanol–water partition coefficient (Wildman–Crippen LogP) is 3.76. The number of rotatable bonds is 2. The summed E-state index contributed by atoms with van der Waals surface area (Å²) >= 11 is 0. The van der Waals surface area contributed by atoms with Gasteiger partial charge in [-0.15, -0.1) is 0 Å². The molecule has 3 aromatic carbocycles. The largest absolute Gasteiger partial charge is 0.507 e. The first-order chi connectivity index (χ1) is 11.7. The van der Waals surface area contributed by atoms with Gasteiger partial charge < -0.3 is 5.11 Å². The summed E-state index contributed by atoms with van der Waals surface area (Å²) < 4.78 is 0. The van der Waals surface area contributed by atoms with Gasteiger partial charge in [0.1, 0.15) is 5.75 Å². The molecule has 3 aromatic rings. The molecule has 0 unspecified atom stereocenters. The molecule has 4 rings (SSSR count). The van der Waals surface area contributed by atoms with Crippen molar-refractivity contribution in [2.24, 2.45) is 0 Å². The maximum atomic E-state index is 13.0. The summed E-state index contributed by atoms with van der Waals surface area (Å²) in [7, 11) is 0. The van der Waals surface area contributed by atoms with E-state index in [1.165, 1.54) is 6.07 Å². The molecule has 0 amide bonds. The molecule has 0 fully saturated rings. The lowest BCUT2D eigenvalue weighted by atomic mass is 9.81. The summed E-state index contributed by atoms with van der Waals surface area (Å²) in [5.74, 6) is -0.506. The molecule has 116 valence electrons. The number of hydrogen-bond acceptors (Lipinski definition) is 3. The number of carbonyl (C=O) groups excluding carboxylic acids is 2. The molecule has 1 N–H and O–H groups in total. The highest BCUT2D eigenvalue weighted by atomic mass is 16.3. The van der Waals surface area contributed by atoms with E-state index in [1.807, 2.05) is 18.2 Å². The van der Waals surface area contributed by atoms with E-state index >= 15 is 0 Å². The van der Waals surface area contributed by atoms with E-state index in [1.54, 1.807) is 42.5 Å². The van der Waals surface area contributed by atoms with Crippen LogP contribution in [-0.2, 0) is 6.42 Å². The minimum atomic E-state index is -0.288. The lowest BCUT2D eigenvalue weighted by Crippen LogP contribution is -2.19. The van der Waals surface area contributed by atoms with Crippen LogP contribution in [0.25, 0.3) is 0 Å². The molecule has 0 aliphatic heterocycles. The summed E-state index contributed by atoms with van der Waals surface area (Å²) in [4.78, 5) is 25.8. The van der Waals surface area contributed by atoms with Gasteiger partial charge in [-0.3, -0.25) is 9.59 Å². The van der Waals surface area contributed by atoms with Gasteiger partial charge in [-0.2, -0.15) is 0 Å². The number of phenolic OH excluding ortho intramolecular Hbond substituents is 1. The standard InChI is InChI=1S/C21H14O3/c22-17-11-5-9-15-12-14-8-4-10-16(18(14)21(24)19(15)17)20(23)13-6-2-1-3-7-13/h1-11,22H,12H2. The molecule has 0 saturated carbocycles. The van der Waals surface area contributed by atoms with Crippen molar-refractivity contribution in [3.63, 3.8) is 0 Å². The number of fused-ring (bicyclic) bond motifs is 2. The second-order valence-electron chi connectivity index (χ2n) is 5.85. The van der Waals surface area contributed by atoms with Crippen LogP contribution in [0, 0.1) is 0 Å². The normalized spacial score (nSPS) is 12.4. The topological polar surface area (TPSA) is 54.4 Å². The van der Waals surface area contributed by atoms with E-state index in [2.05, 4.69) is 0 Å². The van der Waals surface area contributed by atoms with Crippen LogP contribution in [0.2, 0.25) is 0 Å². The molecule has 24 heavy (non-hydrogen) atoms. The molecule has 0 bridgehead atoms. The van der Waals surface area contributed by atoms with E-state index < -0.39 is 0 Å². The van der Waals surface area contributed by atoms with Crippen molar-refractivity contribution in [1.29, 1.82) is 0 Å². The number of phenols is 1. The third-order valence-corrected chi connectivity index (χ3v) is 4.40. The first kappa shape index (κ1) is 14.4. The number of ketones is 2. The van der Waals surface area contributed by atoms with Crippen molar-refractivity contribution >= 4 is 11.6 Å². The Morgan fingerprint density at radius 3 is 2.21 bits per heavy atom. The SMILES string of the molecule is O=C(c1ccccc1)c1cccc2c1C(=O)c1c(O)cccc1C2. The Labute approximate surface area is 139 Å². The lowest BCUT2D eigenvalue weighted by Gasteiger charge is -2.21. The van der Waals surface area contributed by atoms with Crippen LogP contribution in [-0.4, -0.2) is 16.7 Å². The zero-order valence-electron chi connectivity index (χ0n) is 12.8. The third kappa shape index (κ3) is 2.14. The summed E-state index contributed by atoms with van der Waals surface area (Å²) in [6.45, 7) is 0. The van der Waals surface area contributed by atoms with Gasteiger partial charge in [-0.05, 0) is 23.6 Å². The molecule has 3 nitrogen and oxygen atoms in total. The fraction of sp³-hybridized carbons (Fsp3) is 0.0476. The minimum absolute atomic E-state index is 0.0369. The van der Waals surface area contributed by atoms with Crippen LogP contribution < -0.4 is 0 Å². The van der Waals surface area contributed by atoms with E-state index in [-0.39, 0.29) is 17.3 Å². The van der Waals surface area contributed by atoms with Crippen molar-refractivity contribution < 1.29 is 14.7 Å². The Kier molecular flexibility index (Phi) is 3.28.